The van der Waals surface area contributed by atoms with E-state index in [0.717, 1.165) is 12.3 Å². The first-order valence-corrected chi connectivity index (χ1v) is 6.76. The highest BCUT2D eigenvalue weighted by atomic mass is 32.2. The molecule has 0 fully saturated rings. The van der Waals surface area contributed by atoms with E-state index >= 15 is 0 Å². The maximum Gasteiger partial charge on any atom is 0.310 e. The summed E-state index contributed by atoms with van der Waals surface area (Å²) in [5, 5.41) is 0. The molecule has 0 atom stereocenters. The summed E-state index contributed by atoms with van der Waals surface area (Å²) in [6, 6.07) is 1.12. The Morgan fingerprint density at radius 3 is 2.71 bits per heavy atom. The molecule has 1 rings (SSSR count). The average molecular weight is 263 g/mol. The number of pyridine rings is 1. The van der Waals surface area contributed by atoms with Crippen LogP contribution < -0.4 is 8.92 Å². The van der Waals surface area contributed by atoms with Crippen LogP contribution in [-0.2, 0) is 10.1 Å². The van der Waals surface area contributed by atoms with Crippen LogP contribution in [0.5, 0.6) is 11.6 Å². The van der Waals surface area contributed by atoms with Gasteiger partial charge >= 0.3 is 10.1 Å². The summed E-state index contributed by atoms with van der Waals surface area (Å²) in [7, 11) is -3.67. The second-order valence-electron chi connectivity index (χ2n) is 3.23. The van der Waals surface area contributed by atoms with E-state index in [2.05, 4.69) is 4.98 Å². The van der Waals surface area contributed by atoms with Gasteiger partial charge in [-0.25, -0.2) is 9.37 Å². The van der Waals surface area contributed by atoms with Crippen molar-refractivity contribution in [1.29, 1.82) is 0 Å². The lowest BCUT2D eigenvalue weighted by molar-refractivity contribution is 0.318. The van der Waals surface area contributed by atoms with E-state index in [1.54, 1.807) is 13.8 Å². The number of halogens is 1. The smallest absolute Gasteiger partial charge is 0.310 e. The summed E-state index contributed by atoms with van der Waals surface area (Å²) in [6.45, 7) is 3.67. The van der Waals surface area contributed by atoms with Crippen LogP contribution in [0.2, 0.25) is 0 Å². The third kappa shape index (κ3) is 4.18. The van der Waals surface area contributed by atoms with Gasteiger partial charge < -0.3 is 8.92 Å². The topological polar surface area (TPSA) is 65.5 Å². The van der Waals surface area contributed by atoms with Crippen LogP contribution >= 0.6 is 0 Å². The van der Waals surface area contributed by atoms with Crippen LogP contribution in [0, 0.1) is 5.82 Å². The number of ether oxygens (including phenoxy) is 1. The minimum Gasteiger partial charge on any atom is -0.491 e. The van der Waals surface area contributed by atoms with Gasteiger partial charge in [-0.2, -0.15) is 8.42 Å². The van der Waals surface area contributed by atoms with E-state index in [0.29, 0.717) is 6.42 Å². The molecule has 0 saturated heterocycles. The van der Waals surface area contributed by atoms with Gasteiger partial charge in [0.1, 0.15) is 0 Å². The van der Waals surface area contributed by atoms with Crippen molar-refractivity contribution in [1.82, 2.24) is 4.98 Å². The molecule has 0 amide bonds. The molecule has 5 nitrogen and oxygen atoms in total. The fourth-order valence-corrected chi connectivity index (χ4v) is 2.07. The van der Waals surface area contributed by atoms with Gasteiger partial charge in [0, 0.05) is 6.07 Å². The highest BCUT2D eigenvalue weighted by Crippen LogP contribution is 2.22. The Kier molecular flexibility index (Phi) is 4.68. The van der Waals surface area contributed by atoms with Crippen LogP contribution in [0.3, 0.4) is 0 Å². The Labute approximate surface area is 99.7 Å². The average Bonchev–Trinajstić information content (AvgIpc) is 2.23. The standard InChI is InChI=1S/C10H14FNO4S/c1-3-5-17(13,14)16-10-6-9(15-4-2)8(11)7-12-10/h6-7H,3-5H2,1-2H3. The van der Waals surface area contributed by atoms with E-state index in [-0.39, 0.29) is 24.0 Å². The SMILES string of the molecule is CCCS(=O)(=O)Oc1cc(OCC)c(F)cn1. The molecule has 0 aliphatic heterocycles. The monoisotopic (exact) mass is 263 g/mol. The largest absolute Gasteiger partial charge is 0.491 e. The molecule has 7 heteroatoms. The molecule has 0 bridgehead atoms. The van der Waals surface area contributed by atoms with E-state index in [4.69, 9.17) is 8.92 Å². The zero-order chi connectivity index (χ0) is 12.9. The minimum absolute atomic E-state index is 0.0794. The first-order valence-electron chi connectivity index (χ1n) is 5.19. The maximum atomic E-state index is 13.1. The molecule has 1 aromatic rings. The fourth-order valence-electron chi connectivity index (χ4n) is 1.14. The molecule has 17 heavy (non-hydrogen) atoms. The Balaban J connectivity index is 2.89. The Bertz CT molecular complexity index is 475. The van der Waals surface area contributed by atoms with Crippen molar-refractivity contribution < 1.29 is 21.7 Å². The van der Waals surface area contributed by atoms with Gasteiger partial charge in [-0.3, -0.25) is 0 Å². The number of rotatable bonds is 6. The van der Waals surface area contributed by atoms with Crippen LogP contribution in [-0.4, -0.2) is 25.8 Å². The summed E-state index contributed by atoms with van der Waals surface area (Å²) >= 11 is 0. The van der Waals surface area contributed by atoms with Gasteiger partial charge in [0.15, 0.2) is 11.6 Å². The maximum absolute atomic E-state index is 13.1. The summed E-state index contributed by atoms with van der Waals surface area (Å²) < 4.78 is 45.5. The first-order chi connectivity index (χ1) is 7.98. The molecular formula is C10H14FNO4S. The summed E-state index contributed by atoms with van der Waals surface area (Å²) in [5.41, 5.74) is 0. The number of aromatic nitrogens is 1. The van der Waals surface area contributed by atoms with Crippen LogP contribution in [0.15, 0.2) is 12.3 Å². The van der Waals surface area contributed by atoms with Gasteiger partial charge in [0.25, 0.3) is 0 Å². The summed E-state index contributed by atoms with van der Waals surface area (Å²) in [4.78, 5) is 3.53. The second kappa shape index (κ2) is 5.81. The first kappa shape index (κ1) is 13.7. The molecule has 0 saturated carbocycles. The zero-order valence-corrected chi connectivity index (χ0v) is 10.5. The minimum atomic E-state index is -3.67. The molecule has 1 heterocycles. The summed E-state index contributed by atoms with van der Waals surface area (Å²) in [5.74, 6) is -1.05. The molecule has 0 aliphatic carbocycles. The summed E-state index contributed by atoms with van der Waals surface area (Å²) in [6.07, 6.45) is 1.30. The van der Waals surface area contributed by atoms with E-state index in [1.807, 2.05) is 0 Å². The third-order valence-corrected chi connectivity index (χ3v) is 3.09. The van der Waals surface area contributed by atoms with Crippen LogP contribution in [0.1, 0.15) is 20.3 Å². The van der Waals surface area contributed by atoms with E-state index in [1.165, 1.54) is 0 Å². The molecule has 0 aromatic carbocycles. The second-order valence-corrected chi connectivity index (χ2v) is 4.92. The molecule has 1 aromatic heterocycles. The fraction of sp³-hybridized carbons (Fsp3) is 0.500. The lowest BCUT2D eigenvalue weighted by Gasteiger charge is -2.07. The van der Waals surface area contributed by atoms with Crippen molar-refractivity contribution in [2.24, 2.45) is 0 Å². The normalized spacial score (nSPS) is 11.2. The number of hydrogen-bond donors (Lipinski definition) is 0. The van der Waals surface area contributed by atoms with Gasteiger partial charge in [-0.15, -0.1) is 0 Å². The highest BCUT2D eigenvalue weighted by molar-refractivity contribution is 7.87. The van der Waals surface area contributed by atoms with Gasteiger partial charge in [0.05, 0.1) is 18.6 Å². The van der Waals surface area contributed by atoms with Crippen molar-refractivity contribution in [2.75, 3.05) is 12.4 Å². The van der Waals surface area contributed by atoms with E-state index in [9.17, 15) is 12.8 Å². The molecular weight excluding hydrogens is 249 g/mol. The van der Waals surface area contributed by atoms with E-state index < -0.39 is 15.9 Å². The lowest BCUT2D eigenvalue weighted by Crippen LogP contribution is -2.14. The Morgan fingerprint density at radius 2 is 2.12 bits per heavy atom. The van der Waals surface area contributed by atoms with Crippen molar-refractivity contribution in [3.8, 4) is 11.6 Å². The van der Waals surface area contributed by atoms with Gasteiger partial charge in [-0.05, 0) is 13.3 Å². The van der Waals surface area contributed by atoms with Crippen LogP contribution in [0.4, 0.5) is 4.39 Å². The molecule has 0 N–H and O–H groups in total. The Morgan fingerprint density at radius 1 is 1.41 bits per heavy atom. The quantitative estimate of drug-likeness (QED) is 0.731. The lowest BCUT2D eigenvalue weighted by atomic mass is 10.4. The predicted octanol–water partition coefficient (Wildman–Crippen LogP) is 1.74. The molecule has 0 radical (unpaired) electrons. The molecule has 0 aliphatic rings. The number of hydrogen-bond acceptors (Lipinski definition) is 5. The third-order valence-electron chi connectivity index (χ3n) is 1.76. The molecule has 96 valence electrons. The van der Waals surface area contributed by atoms with Crippen LogP contribution in [0.25, 0.3) is 0 Å². The van der Waals surface area contributed by atoms with Crippen molar-refractivity contribution in [3.63, 3.8) is 0 Å². The molecule has 0 unspecified atom stereocenters. The van der Waals surface area contributed by atoms with Crippen molar-refractivity contribution in [2.45, 2.75) is 20.3 Å². The Hall–Kier alpha value is -1.37. The van der Waals surface area contributed by atoms with Crippen molar-refractivity contribution >= 4 is 10.1 Å². The van der Waals surface area contributed by atoms with Gasteiger partial charge in [0.2, 0.25) is 5.88 Å². The number of nitrogens with zero attached hydrogens (tertiary/aromatic N) is 1. The highest BCUT2D eigenvalue weighted by Gasteiger charge is 2.14. The predicted molar refractivity (Wildman–Crippen MR) is 60.1 cm³/mol. The molecule has 0 spiro atoms. The zero-order valence-electron chi connectivity index (χ0n) is 9.64. The van der Waals surface area contributed by atoms with Crippen molar-refractivity contribution in [3.05, 3.63) is 18.1 Å². The van der Waals surface area contributed by atoms with Gasteiger partial charge in [-0.1, -0.05) is 6.92 Å².